The van der Waals surface area contributed by atoms with Crippen LogP contribution in [0, 0.1) is 5.92 Å². The maximum atomic E-state index is 13.0. The molecular weight excluding hydrogens is 332 g/mol. The average molecular weight is 358 g/mol. The first-order valence-electron chi connectivity index (χ1n) is 9.25. The van der Waals surface area contributed by atoms with E-state index in [4.69, 9.17) is 0 Å². The van der Waals surface area contributed by atoms with E-state index in [9.17, 15) is 14.4 Å². The van der Waals surface area contributed by atoms with Gasteiger partial charge in [0.1, 0.15) is 12.2 Å². The van der Waals surface area contributed by atoms with Crippen molar-refractivity contribution in [2.75, 3.05) is 19.6 Å². The van der Waals surface area contributed by atoms with Crippen molar-refractivity contribution in [1.29, 1.82) is 0 Å². The van der Waals surface area contributed by atoms with Crippen molar-refractivity contribution >= 4 is 17.7 Å². The van der Waals surface area contributed by atoms with Crippen LogP contribution in [-0.2, 0) is 9.59 Å². The molecule has 26 heavy (non-hydrogen) atoms. The molecule has 2 aliphatic rings. The maximum absolute atomic E-state index is 13.0. The number of aromatic nitrogens is 1. The number of piperazine rings is 1. The van der Waals surface area contributed by atoms with Gasteiger partial charge in [0.05, 0.1) is 12.1 Å². The normalized spacial score (nSPS) is 24.5. The number of hydrogen-bond donors (Lipinski definition) is 0. The van der Waals surface area contributed by atoms with Gasteiger partial charge in [0.2, 0.25) is 11.8 Å². The molecule has 0 radical (unpaired) electrons. The molecule has 0 N–H and O–H groups in total. The fourth-order valence-electron chi connectivity index (χ4n) is 3.70. The molecule has 2 aliphatic heterocycles. The molecule has 2 fully saturated rings. The molecule has 0 saturated carbocycles. The van der Waals surface area contributed by atoms with Crippen molar-refractivity contribution in [3.05, 3.63) is 30.1 Å². The maximum Gasteiger partial charge on any atom is 0.257 e. The van der Waals surface area contributed by atoms with Crippen molar-refractivity contribution in [3.63, 3.8) is 0 Å². The summed E-state index contributed by atoms with van der Waals surface area (Å²) in [6.07, 6.45) is 3.96. The molecule has 0 spiro atoms. The summed E-state index contributed by atoms with van der Waals surface area (Å²) in [6.45, 7) is 7.34. The highest BCUT2D eigenvalue weighted by Gasteiger charge is 2.47. The van der Waals surface area contributed by atoms with Crippen LogP contribution in [0.1, 0.15) is 44.0 Å². The summed E-state index contributed by atoms with van der Waals surface area (Å²) in [5.74, 6) is 0.130. The lowest BCUT2D eigenvalue weighted by molar-refractivity contribution is -0.166. The second-order valence-electron chi connectivity index (χ2n) is 7.20. The van der Waals surface area contributed by atoms with E-state index in [0.29, 0.717) is 31.1 Å². The van der Waals surface area contributed by atoms with Crippen molar-refractivity contribution < 1.29 is 14.4 Å². The second kappa shape index (κ2) is 7.43. The first kappa shape index (κ1) is 18.4. The molecule has 3 unspecified atom stereocenters. The van der Waals surface area contributed by atoms with E-state index >= 15 is 0 Å². The minimum atomic E-state index is -0.546. The largest absolute Gasteiger partial charge is 0.337 e. The molecule has 0 bridgehead atoms. The standard InChI is InChI=1S/C19H26N4O3/c1-4-13(2)11-21-12-16-22(19(26)15-6-5-8-20-10-15)9-7-17(24)23(16)14(3)18(21)25/h5-6,8,10,13-14,16H,4,7,9,11-12H2,1-3H3. The predicted molar refractivity (Wildman–Crippen MR) is 96.0 cm³/mol. The molecule has 0 aromatic carbocycles. The zero-order valence-electron chi connectivity index (χ0n) is 15.6. The first-order valence-corrected chi connectivity index (χ1v) is 9.25. The number of amides is 3. The van der Waals surface area contributed by atoms with Crippen LogP contribution in [0.2, 0.25) is 0 Å². The van der Waals surface area contributed by atoms with Crippen LogP contribution in [0.4, 0.5) is 0 Å². The van der Waals surface area contributed by atoms with E-state index in [1.807, 2.05) is 4.90 Å². The molecule has 3 amide bonds. The number of carbonyl (C=O) groups is 3. The minimum Gasteiger partial charge on any atom is -0.337 e. The van der Waals surface area contributed by atoms with Crippen LogP contribution in [0.25, 0.3) is 0 Å². The van der Waals surface area contributed by atoms with Gasteiger partial charge in [-0.1, -0.05) is 20.3 Å². The Morgan fingerprint density at radius 2 is 2.15 bits per heavy atom. The van der Waals surface area contributed by atoms with Gasteiger partial charge in [-0.05, 0) is 25.0 Å². The molecule has 3 atom stereocenters. The second-order valence-corrected chi connectivity index (χ2v) is 7.20. The quantitative estimate of drug-likeness (QED) is 0.815. The van der Waals surface area contributed by atoms with Crippen LogP contribution in [-0.4, -0.2) is 69.2 Å². The van der Waals surface area contributed by atoms with Gasteiger partial charge in [-0.2, -0.15) is 0 Å². The molecule has 3 rings (SSSR count). The molecule has 1 aromatic heterocycles. The van der Waals surface area contributed by atoms with E-state index in [1.165, 1.54) is 6.20 Å². The topological polar surface area (TPSA) is 73.8 Å². The lowest BCUT2D eigenvalue weighted by Gasteiger charge is -2.51. The van der Waals surface area contributed by atoms with Gasteiger partial charge in [0, 0.05) is 31.9 Å². The third kappa shape index (κ3) is 3.30. The Morgan fingerprint density at radius 1 is 1.38 bits per heavy atom. The Hall–Kier alpha value is -2.44. The molecule has 2 saturated heterocycles. The Labute approximate surface area is 154 Å². The van der Waals surface area contributed by atoms with Gasteiger partial charge in [0.15, 0.2) is 0 Å². The van der Waals surface area contributed by atoms with Crippen molar-refractivity contribution in [1.82, 2.24) is 19.7 Å². The van der Waals surface area contributed by atoms with Crippen LogP contribution in [0.5, 0.6) is 0 Å². The summed E-state index contributed by atoms with van der Waals surface area (Å²) in [7, 11) is 0. The fraction of sp³-hybridized carbons (Fsp3) is 0.579. The summed E-state index contributed by atoms with van der Waals surface area (Å²) in [5, 5.41) is 0. The third-order valence-corrected chi connectivity index (χ3v) is 5.40. The molecule has 7 nitrogen and oxygen atoms in total. The molecule has 7 heteroatoms. The molecule has 0 aliphatic carbocycles. The van der Waals surface area contributed by atoms with Crippen LogP contribution < -0.4 is 0 Å². The van der Waals surface area contributed by atoms with Gasteiger partial charge >= 0.3 is 0 Å². The van der Waals surface area contributed by atoms with E-state index in [1.54, 1.807) is 35.1 Å². The lowest BCUT2D eigenvalue weighted by atomic mass is 10.0. The summed E-state index contributed by atoms with van der Waals surface area (Å²) in [6, 6.07) is 2.90. The highest BCUT2D eigenvalue weighted by atomic mass is 16.2. The van der Waals surface area contributed by atoms with Crippen molar-refractivity contribution in [2.45, 2.75) is 45.8 Å². The van der Waals surface area contributed by atoms with E-state index in [2.05, 4.69) is 18.8 Å². The number of rotatable bonds is 4. The Kier molecular flexibility index (Phi) is 5.25. The average Bonchev–Trinajstić information content (AvgIpc) is 2.66. The van der Waals surface area contributed by atoms with E-state index < -0.39 is 12.2 Å². The monoisotopic (exact) mass is 358 g/mol. The summed E-state index contributed by atoms with van der Waals surface area (Å²) < 4.78 is 0. The molecule has 140 valence electrons. The highest BCUT2D eigenvalue weighted by Crippen LogP contribution is 2.27. The van der Waals surface area contributed by atoms with Crippen LogP contribution >= 0.6 is 0 Å². The Morgan fingerprint density at radius 3 is 2.81 bits per heavy atom. The number of carbonyl (C=O) groups excluding carboxylic acids is 3. The predicted octanol–water partition coefficient (Wildman–Crippen LogP) is 1.36. The molecule has 3 heterocycles. The summed E-state index contributed by atoms with van der Waals surface area (Å²) >= 11 is 0. The van der Waals surface area contributed by atoms with E-state index in [0.717, 1.165) is 6.42 Å². The number of hydrogen-bond acceptors (Lipinski definition) is 4. The SMILES string of the molecule is CCC(C)CN1CC2N(C(=O)c3cccnc3)CCC(=O)N2C(C)C1=O. The summed E-state index contributed by atoms with van der Waals surface area (Å²) in [4.78, 5) is 47.3. The van der Waals surface area contributed by atoms with Gasteiger partial charge in [-0.15, -0.1) is 0 Å². The van der Waals surface area contributed by atoms with Gasteiger partial charge in [-0.3, -0.25) is 19.4 Å². The van der Waals surface area contributed by atoms with Gasteiger partial charge in [0.25, 0.3) is 5.91 Å². The minimum absolute atomic E-state index is 0.0365. The highest BCUT2D eigenvalue weighted by molar-refractivity contribution is 5.96. The smallest absolute Gasteiger partial charge is 0.257 e. The van der Waals surface area contributed by atoms with Crippen LogP contribution in [0.15, 0.2) is 24.5 Å². The van der Waals surface area contributed by atoms with Crippen LogP contribution in [0.3, 0.4) is 0 Å². The molecule has 1 aromatic rings. The van der Waals surface area contributed by atoms with Crippen molar-refractivity contribution in [2.24, 2.45) is 5.92 Å². The zero-order chi connectivity index (χ0) is 18.8. The Bertz CT molecular complexity index is 693. The van der Waals surface area contributed by atoms with Gasteiger partial charge in [-0.25, -0.2) is 0 Å². The third-order valence-electron chi connectivity index (χ3n) is 5.40. The van der Waals surface area contributed by atoms with Crippen molar-refractivity contribution in [3.8, 4) is 0 Å². The summed E-state index contributed by atoms with van der Waals surface area (Å²) in [5.41, 5.74) is 0.500. The first-order chi connectivity index (χ1) is 12.4. The Balaban J connectivity index is 1.88. The van der Waals surface area contributed by atoms with E-state index in [-0.39, 0.29) is 24.1 Å². The van der Waals surface area contributed by atoms with Gasteiger partial charge < -0.3 is 14.7 Å². The number of pyridine rings is 1. The molecular formula is C19H26N4O3. The lowest BCUT2D eigenvalue weighted by Crippen LogP contribution is -2.70. The fourth-order valence-corrected chi connectivity index (χ4v) is 3.70. The number of fused-ring (bicyclic) bond motifs is 1. The number of nitrogens with zero attached hydrogens (tertiary/aromatic N) is 4. The zero-order valence-corrected chi connectivity index (χ0v) is 15.6.